The van der Waals surface area contributed by atoms with E-state index in [0.29, 0.717) is 0 Å². The van der Waals surface area contributed by atoms with Gasteiger partial charge in [0.1, 0.15) is 0 Å². The Morgan fingerprint density at radius 1 is 1.10 bits per heavy atom. The van der Waals surface area contributed by atoms with Gasteiger partial charge >= 0.3 is 0 Å². The summed E-state index contributed by atoms with van der Waals surface area (Å²) in [5.74, 6) is 0. The number of aliphatic hydroxyl groups is 1. The monoisotopic (exact) mass is 273 g/mol. The summed E-state index contributed by atoms with van der Waals surface area (Å²) in [7, 11) is 0. The maximum absolute atomic E-state index is 10.9. The Bertz CT molecular complexity index is 470. The molecule has 0 radical (unpaired) electrons. The normalized spacial score (nSPS) is 27.3. The van der Waals surface area contributed by atoms with E-state index >= 15 is 0 Å². The van der Waals surface area contributed by atoms with Crippen LogP contribution in [0.25, 0.3) is 0 Å². The van der Waals surface area contributed by atoms with Crippen molar-refractivity contribution in [1.29, 1.82) is 0 Å². The highest BCUT2D eigenvalue weighted by molar-refractivity contribution is 5.35. The Kier molecular flexibility index (Phi) is 4.13. The van der Waals surface area contributed by atoms with Gasteiger partial charge in [0.25, 0.3) is 0 Å². The first-order chi connectivity index (χ1) is 9.68. The molecule has 1 saturated heterocycles. The predicted molar refractivity (Wildman–Crippen MR) is 83.1 cm³/mol. The van der Waals surface area contributed by atoms with E-state index in [1.807, 2.05) is 0 Å². The van der Waals surface area contributed by atoms with E-state index in [-0.39, 0.29) is 0 Å². The molecule has 1 heterocycles. The van der Waals surface area contributed by atoms with Crippen molar-refractivity contribution >= 4 is 0 Å². The molecule has 110 valence electrons. The van der Waals surface area contributed by atoms with Crippen LogP contribution in [0.15, 0.2) is 18.2 Å². The molecule has 1 aliphatic carbocycles. The zero-order chi connectivity index (χ0) is 14.0. The van der Waals surface area contributed by atoms with Gasteiger partial charge in [0, 0.05) is 13.0 Å². The van der Waals surface area contributed by atoms with Gasteiger partial charge in [0.2, 0.25) is 0 Å². The van der Waals surface area contributed by atoms with Crippen LogP contribution in [0.1, 0.15) is 49.3 Å². The van der Waals surface area contributed by atoms with E-state index in [9.17, 15) is 5.11 Å². The van der Waals surface area contributed by atoms with Gasteiger partial charge in [-0.2, -0.15) is 0 Å². The molecule has 1 aromatic rings. The second-order valence-corrected chi connectivity index (χ2v) is 6.65. The highest BCUT2D eigenvalue weighted by Crippen LogP contribution is 2.29. The summed E-state index contributed by atoms with van der Waals surface area (Å²) in [5, 5.41) is 10.9. The fourth-order valence-corrected chi connectivity index (χ4v) is 3.84. The molecule has 0 aromatic heterocycles. The number of benzene rings is 1. The van der Waals surface area contributed by atoms with Crippen LogP contribution in [0, 0.1) is 0 Å². The van der Waals surface area contributed by atoms with Gasteiger partial charge in [0.05, 0.1) is 5.60 Å². The Hall–Kier alpha value is -0.860. The molecule has 0 bridgehead atoms. The van der Waals surface area contributed by atoms with Crippen LogP contribution in [-0.4, -0.2) is 35.2 Å². The van der Waals surface area contributed by atoms with Gasteiger partial charge in [-0.25, -0.2) is 0 Å². The molecule has 3 rings (SSSR count). The van der Waals surface area contributed by atoms with Gasteiger partial charge < -0.3 is 10.0 Å². The average Bonchev–Trinajstić information content (AvgIpc) is 2.82. The minimum absolute atomic E-state index is 0.489. The summed E-state index contributed by atoms with van der Waals surface area (Å²) in [6.07, 6.45) is 7.58. The second kappa shape index (κ2) is 5.87. The van der Waals surface area contributed by atoms with E-state index in [1.54, 1.807) is 0 Å². The molecule has 1 aliphatic heterocycles. The van der Waals surface area contributed by atoms with E-state index in [0.717, 1.165) is 45.3 Å². The molecule has 0 amide bonds. The summed E-state index contributed by atoms with van der Waals surface area (Å²) < 4.78 is 0. The van der Waals surface area contributed by atoms with Crippen molar-refractivity contribution in [2.24, 2.45) is 0 Å². The number of hydrogen-bond donors (Lipinski definition) is 1. The van der Waals surface area contributed by atoms with Gasteiger partial charge in [-0.1, -0.05) is 25.1 Å². The van der Waals surface area contributed by atoms with Crippen molar-refractivity contribution in [2.75, 3.05) is 19.6 Å². The quantitative estimate of drug-likeness (QED) is 0.915. The molecule has 1 N–H and O–H groups in total. The molecular weight excluding hydrogens is 246 g/mol. The van der Waals surface area contributed by atoms with Crippen LogP contribution in [0.4, 0.5) is 0 Å². The summed E-state index contributed by atoms with van der Waals surface area (Å²) in [4.78, 5) is 2.46. The lowest BCUT2D eigenvalue weighted by Crippen LogP contribution is -2.33. The van der Waals surface area contributed by atoms with E-state index in [2.05, 4.69) is 30.0 Å². The van der Waals surface area contributed by atoms with Crippen molar-refractivity contribution in [3.8, 4) is 0 Å². The molecule has 1 atom stereocenters. The van der Waals surface area contributed by atoms with Crippen LogP contribution in [0.2, 0.25) is 0 Å². The van der Waals surface area contributed by atoms with Crippen molar-refractivity contribution in [3.63, 3.8) is 0 Å². The summed E-state index contributed by atoms with van der Waals surface area (Å²) >= 11 is 0. The average molecular weight is 273 g/mol. The molecule has 2 heteroatoms. The summed E-state index contributed by atoms with van der Waals surface area (Å²) in [5.41, 5.74) is 3.89. The Balaban J connectivity index is 1.69. The fourth-order valence-electron chi connectivity index (χ4n) is 3.84. The highest BCUT2D eigenvalue weighted by atomic mass is 16.3. The maximum atomic E-state index is 10.9. The molecule has 0 saturated carbocycles. The number of rotatable bonds is 3. The van der Waals surface area contributed by atoms with Crippen LogP contribution < -0.4 is 0 Å². The first kappa shape index (κ1) is 14.1. The molecule has 1 unspecified atom stereocenters. The van der Waals surface area contributed by atoms with E-state index in [4.69, 9.17) is 0 Å². The lowest BCUT2D eigenvalue weighted by Gasteiger charge is -2.27. The van der Waals surface area contributed by atoms with Crippen LogP contribution in [0.3, 0.4) is 0 Å². The first-order valence-electron chi connectivity index (χ1n) is 8.24. The number of likely N-dealkylation sites (tertiary alicyclic amines) is 1. The van der Waals surface area contributed by atoms with Crippen molar-refractivity contribution < 1.29 is 5.11 Å². The zero-order valence-electron chi connectivity index (χ0n) is 12.7. The molecule has 1 aromatic carbocycles. The maximum Gasteiger partial charge on any atom is 0.0700 e. The molecule has 0 spiro atoms. The van der Waals surface area contributed by atoms with Gasteiger partial charge in [0.15, 0.2) is 0 Å². The molecule has 2 aliphatic rings. The Morgan fingerprint density at radius 3 is 2.80 bits per heavy atom. The van der Waals surface area contributed by atoms with Crippen LogP contribution in [-0.2, 0) is 19.3 Å². The third-order valence-electron chi connectivity index (χ3n) is 5.15. The summed E-state index contributed by atoms with van der Waals surface area (Å²) in [6, 6.07) is 6.88. The van der Waals surface area contributed by atoms with Crippen LogP contribution >= 0.6 is 0 Å². The number of fused-ring (bicyclic) bond motifs is 1. The van der Waals surface area contributed by atoms with E-state index < -0.39 is 5.60 Å². The molecule has 2 nitrogen and oxygen atoms in total. The third kappa shape index (κ3) is 3.07. The lowest BCUT2D eigenvalue weighted by molar-refractivity contribution is 0.0258. The largest absolute Gasteiger partial charge is 0.389 e. The number of nitrogens with zero attached hydrogens (tertiary/aromatic N) is 1. The smallest absolute Gasteiger partial charge is 0.0700 e. The standard InChI is InChI=1S/C18H27NO/c1-2-19-11-4-9-18(20,10-12-19)14-15-7-8-16-5-3-6-17(16)13-15/h7-8,13,20H,2-6,9-12,14H2,1H3. The van der Waals surface area contributed by atoms with Crippen molar-refractivity contribution in [3.05, 3.63) is 34.9 Å². The Morgan fingerprint density at radius 2 is 1.95 bits per heavy atom. The number of aryl methyl sites for hydroxylation is 2. The molecular formula is C18H27NO. The van der Waals surface area contributed by atoms with Gasteiger partial charge in [-0.05, 0) is 68.3 Å². The van der Waals surface area contributed by atoms with Gasteiger partial charge in [-0.3, -0.25) is 0 Å². The predicted octanol–water partition coefficient (Wildman–Crippen LogP) is 2.95. The van der Waals surface area contributed by atoms with Crippen molar-refractivity contribution in [2.45, 2.75) is 57.5 Å². The minimum Gasteiger partial charge on any atom is -0.389 e. The Labute approximate surface area is 122 Å². The minimum atomic E-state index is -0.489. The topological polar surface area (TPSA) is 23.5 Å². The highest BCUT2D eigenvalue weighted by Gasteiger charge is 2.30. The van der Waals surface area contributed by atoms with E-state index in [1.165, 1.54) is 36.0 Å². The number of hydrogen-bond acceptors (Lipinski definition) is 2. The zero-order valence-corrected chi connectivity index (χ0v) is 12.7. The van der Waals surface area contributed by atoms with Gasteiger partial charge in [-0.15, -0.1) is 0 Å². The van der Waals surface area contributed by atoms with Crippen LogP contribution in [0.5, 0.6) is 0 Å². The third-order valence-corrected chi connectivity index (χ3v) is 5.15. The molecule has 1 fully saturated rings. The SMILES string of the molecule is CCN1CCCC(O)(Cc2ccc3c(c2)CCC3)CC1. The lowest BCUT2D eigenvalue weighted by atomic mass is 9.87. The summed E-state index contributed by atoms with van der Waals surface area (Å²) in [6.45, 7) is 5.50. The molecule has 20 heavy (non-hydrogen) atoms. The fraction of sp³-hybridized carbons (Fsp3) is 0.667. The first-order valence-corrected chi connectivity index (χ1v) is 8.24. The second-order valence-electron chi connectivity index (χ2n) is 6.65. The van der Waals surface area contributed by atoms with Crippen molar-refractivity contribution in [1.82, 2.24) is 4.90 Å².